The van der Waals surface area contributed by atoms with Gasteiger partial charge in [-0.1, -0.05) is 28.1 Å². The number of hydrogen-bond acceptors (Lipinski definition) is 3. The Morgan fingerprint density at radius 1 is 1.38 bits per heavy atom. The Hall–Kier alpha value is -0.460. The Balaban J connectivity index is 3.12. The zero-order valence-corrected chi connectivity index (χ0v) is 11.2. The lowest BCUT2D eigenvalue weighted by molar-refractivity contribution is 0.168. The molecule has 0 saturated heterocycles. The Labute approximate surface area is 102 Å². The van der Waals surface area contributed by atoms with Gasteiger partial charge in [0.15, 0.2) is 13.5 Å². The average Bonchev–Trinajstić information content (AvgIpc) is 2.16. The van der Waals surface area contributed by atoms with Crippen molar-refractivity contribution < 1.29 is 17.9 Å². The molecule has 2 atom stereocenters. The van der Waals surface area contributed by atoms with E-state index in [1.807, 2.05) is 0 Å². The molecule has 1 aromatic rings. The Morgan fingerprint density at radius 2 is 1.81 bits per heavy atom. The van der Waals surface area contributed by atoms with Crippen LogP contribution in [0.4, 0.5) is 4.39 Å². The van der Waals surface area contributed by atoms with Crippen LogP contribution in [0.3, 0.4) is 0 Å². The first-order valence-electron chi connectivity index (χ1n) is 4.48. The summed E-state index contributed by atoms with van der Waals surface area (Å²) >= 11 is 2.99. The van der Waals surface area contributed by atoms with Crippen molar-refractivity contribution >= 4 is 25.8 Å². The van der Waals surface area contributed by atoms with Gasteiger partial charge < -0.3 is 5.11 Å². The Kier molecular flexibility index (Phi) is 3.76. The molecule has 0 aromatic heterocycles. The number of hydrogen-bond donors (Lipinski definition) is 1. The van der Waals surface area contributed by atoms with Gasteiger partial charge >= 0.3 is 0 Å². The number of aliphatic hydroxyl groups is 1. The summed E-state index contributed by atoms with van der Waals surface area (Å²) in [6, 6.07) is 5.04. The summed E-state index contributed by atoms with van der Waals surface area (Å²) in [6.45, 7) is 1.36. The first-order valence-corrected chi connectivity index (χ1v) is 7.16. The average molecular weight is 311 g/mol. The molecule has 1 aromatic carbocycles. The molecule has 0 heterocycles. The summed E-state index contributed by atoms with van der Waals surface area (Å²) in [4.78, 5) is 0. The van der Waals surface area contributed by atoms with Crippen LogP contribution in [0.2, 0.25) is 0 Å². The van der Waals surface area contributed by atoms with Gasteiger partial charge in [-0.05, 0) is 24.6 Å². The minimum Gasteiger partial charge on any atom is -0.386 e. The lowest BCUT2D eigenvalue weighted by atomic mass is 10.1. The molecular weight excluding hydrogens is 299 g/mol. The molecule has 0 aliphatic rings. The van der Waals surface area contributed by atoms with E-state index in [-0.39, 0.29) is 0 Å². The van der Waals surface area contributed by atoms with Crippen molar-refractivity contribution in [2.45, 2.75) is 16.7 Å². The third kappa shape index (κ3) is 2.61. The maximum Gasteiger partial charge on any atom is 0.165 e. The van der Waals surface area contributed by atoms with Crippen LogP contribution < -0.4 is 0 Å². The van der Waals surface area contributed by atoms with E-state index in [1.165, 1.54) is 31.2 Å². The summed E-state index contributed by atoms with van der Waals surface area (Å²) in [5.41, 5.74) is 0.339. The monoisotopic (exact) mass is 310 g/mol. The topological polar surface area (TPSA) is 54.4 Å². The molecule has 0 bridgehead atoms. The molecule has 3 nitrogen and oxygen atoms in total. The lowest BCUT2D eigenvalue weighted by Crippen LogP contribution is -2.34. The highest BCUT2D eigenvalue weighted by Crippen LogP contribution is 2.37. The standard InChI is InChI=1S/C10H12BrFO3S/c1-10(11,16(2,14)15)9(13)7-3-5-8(12)6-4-7/h3-6,9,13H,1-2H3/t9-,10+/m0/s1. The van der Waals surface area contributed by atoms with E-state index in [2.05, 4.69) is 15.9 Å². The van der Waals surface area contributed by atoms with Crippen LogP contribution in [0, 0.1) is 5.82 Å². The predicted octanol–water partition coefficient (Wildman–Crippen LogP) is 2.01. The first-order chi connectivity index (χ1) is 7.16. The highest BCUT2D eigenvalue weighted by atomic mass is 79.9. The van der Waals surface area contributed by atoms with Crippen molar-refractivity contribution in [3.05, 3.63) is 35.6 Å². The lowest BCUT2D eigenvalue weighted by Gasteiger charge is -2.26. The van der Waals surface area contributed by atoms with E-state index in [9.17, 15) is 17.9 Å². The van der Waals surface area contributed by atoms with Crippen LogP contribution in [0.25, 0.3) is 0 Å². The normalized spacial score (nSPS) is 17.8. The fourth-order valence-corrected chi connectivity index (χ4v) is 1.95. The molecule has 90 valence electrons. The summed E-state index contributed by atoms with van der Waals surface area (Å²) in [7, 11) is -3.49. The van der Waals surface area contributed by atoms with Crippen molar-refractivity contribution in [3.63, 3.8) is 0 Å². The summed E-state index contributed by atoms with van der Waals surface area (Å²) < 4.78 is 34.1. The van der Waals surface area contributed by atoms with Gasteiger partial charge in [0.2, 0.25) is 0 Å². The minimum atomic E-state index is -3.49. The van der Waals surface area contributed by atoms with Crippen molar-refractivity contribution in [1.82, 2.24) is 0 Å². The molecule has 6 heteroatoms. The summed E-state index contributed by atoms with van der Waals surface area (Å²) in [5.74, 6) is -0.438. The number of rotatable bonds is 3. The molecular formula is C10H12BrFO3S. The third-order valence-electron chi connectivity index (χ3n) is 2.40. The maximum atomic E-state index is 12.7. The third-order valence-corrected chi connectivity index (χ3v) is 6.27. The Morgan fingerprint density at radius 3 is 2.19 bits per heavy atom. The maximum absolute atomic E-state index is 12.7. The molecule has 16 heavy (non-hydrogen) atoms. The molecule has 1 N–H and O–H groups in total. The first kappa shape index (κ1) is 13.6. The molecule has 0 radical (unpaired) electrons. The van der Waals surface area contributed by atoms with Crippen LogP contribution in [0.5, 0.6) is 0 Å². The smallest absolute Gasteiger partial charge is 0.165 e. The minimum absolute atomic E-state index is 0.339. The molecule has 0 amide bonds. The van der Waals surface area contributed by atoms with Gasteiger partial charge in [0.25, 0.3) is 0 Å². The number of aliphatic hydroxyl groups excluding tert-OH is 1. The van der Waals surface area contributed by atoms with Crippen molar-refractivity contribution in [1.29, 1.82) is 0 Å². The van der Waals surface area contributed by atoms with Crippen LogP contribution in [-0.4, -0.2) is 23.4 Å². The van der Waals surface area contributed by atoms with E-state index in [4.69, 9.17) is 0 Å². The fourth-order valence-electron chi connectivity index (χ4n) is 1.15. The number of halogens is 2. The summed E-state index contributed by atoms with van der Waals surface area (Å²) in [6.07, 6.45) is -0.239. The highest BCUT2D eigenvalue weighted by Gasteiger charge is 2.41. The molecule has 0 fully saturated rings. The van der Waals surface area contributed by atoms with Crippen molar-refractivity contribution in [2.75, 3.05) is 6.26 Å². The molecule has 0 saturated carbocycles. The van der Waals surface area contributed by atoms with E-state index < -0.39 is 25.4 Å². The highest BCUT2D eigenvalue weighted by molar-refractivity contribution is 9.11. The SMILES string of the molecule is C[C@](Br)([C@@H](O)c1ccc(F)cc1)S(C)(=O)=O. The van der Waals surface area contributed by atoms with Gasteiger partial charge in [-0.25, -0.2) is 12.8 Å². The largest absolute Gasteiger partial charge is 0.386 e. The predicted molar refractivity (Wildman–Crippen MR) is 63.5 cm³/mol. The molecule has 0 unspecified atom stereocenters. The van der Waals surface area contributed by atoms with Gasteiger partial charge in [0.1, 0.15) is 11.9 Å². The van der Waals surface area contributed by atoms with Gasteiger partial charge in [-0.15, -0.1) is 0 Å². The second-order valence-electron chi connectivity index (χ2n) is 3.71. The zero-order chi connectivity index (χ0) is 12.6. The number of alkyl halides is 1. The van der Waals surface area contributed by atoms with Gasteiger partial charge in [0.05, 0.1) is 0 Å². The van der Waals surface area contributed by atoms with Crippen LogP contribution in [-0.2, 0) is 9.84 Å². The van der Waals surface area contributed by atoms with E-state index in [1.54, 1.807) is 0 Å². The van der Waals surface area contributed by atoms with Gasteiger partial charge in [0, 0.05) is 6.26 Å². The van der Waals surface area contributed by atoms with E-state index in [0.29, 0.717) is 5.56 Å². The van der Waals surface area contributed by atoms with Crippen molar-refractivity contribution in [3.8, 4) is 0 Å². The van der Waals surface area contributed by atoms with E-state index >= 15 is 0 Å². The molecule has 0 aliphatic carbocycles. The quantitative estimate of drug-likeness (QED) is 0.869. The van der Waals surface area contributed by atoms with Gasteiger partial charge in [-0.3, -0.25) is 0 Å². The molecule has 0 aliphatic heterocycles. The van der Waals surface area contributed by atoms with E-state index in [0.717, 1.165) is 6.26 Å². The molecule has 0 spiro atoms. The van der Waals surface area contributed by atoms with Crippen LogP contribution in [0.1, 0.15) is 18.6 Å². The van der Waals surface area contributed by atoms with Crippen LogP contribution >= 0.6 is 15.9 Å². The summed E-state index contributed by atoms with van der Waals surface area (Å²) in [5, 5.41) is 9.93. The second-order valence-corrected chi connectivity index (χ2v) is 8.28. The van der Waals surface area contributed by atoms with Crippen molar-refractivity contribution in [2.24, 2.45) is 0 Å². The second kappa shape index (κ2) is 4.43. The zero-order valence-electron chi connectivity index (χ0n) is 8.81. The Bertz CT molecular complexity index is 467. The van der Waals surface area contributed by atoms with Crippen LogP contribution in [0.15, 0.2) is 24.3 Å². The molecule has 1 rings (SSSR count). The number of sulfone groups is 1. The number of benzene rings is 1. The van der Waals surface area contributed by atoms with Gasteiger partial charge in [-0.2, -0.15) is 0 Å². The fraction of sp³-hybridized carbons (Fsp3) is 0.400.